The average Bonchev–Trinajstić information content (AvgIpc) is 2.38. The topological polar surface area (TPSA) is 26.3 Å². The molecule has 0 amide bonds. The Morgan fingerprint density at radius 1 is 1.33 bits per heavy atom. The Morgan fingerprint density at radius 2 is 2.00 bits per heavy atom. The minimum atomic E-state index is -0.201. The van der Waals surface area contributed by atoms with Gasteiger partial charge in [0, 0.05) is 5.56 Å². The van der Waals surface area contributed by atoms with E-state index in [2.05, 4.69) is 6.58 Å². The minimum absolute atomic E-state index is 0.184. The van der Waals surface area contributed by atoms with Gasteiger partial charge < -0.3 is 4.74 Å². The highest BCUT2D eigenvalue weighted by molar-refractivity contribution is 6.45. The lowest BCUT2D eigenvalue weighted by atomic mass is 10.0. The standard InChI is InChI=1S/C13H13Cl3O2/c1-3-8(2)13(17)9-4-5-10(18-7-6-14)12(16)11(9)15/h4-5H,2-3,6-7H2,1H3. The summed E-state index contributed by atoms with van der Waals surface area (Å²) in [5.41, 5.74) is 0.828. The molecule has 0 heterocycles. The summed E-state index contributed by atoms with van der Waals surface area (Å²) in [6.07, 6.45) is 0.567. The Bertz CT molecular complexity index is 470. The second kappa shape index (κ2) is 7.03. The quantitative estimate of drug-likeness (QED) is 0.430. The second-order valence-corrected chi connectivity index (χ2v) is 4.70. The zero-order valence-corrected chi connectivity index (χ0v) is 12.2. The van der Waals surface area contributed by atoms with Gasteiger partial charge in [-0.2, -0.15) is 0 Å². The summed E-state index contributed by atoms with van der Waals surface area (Å²) in [5.74, 6) is 0.565. The Labute approximate surface area is 121 Å². The van der Waals surface area contributed by atoms with Crippen molar-refractivity contribution in [2.24, 2.45) is 0 Å². The van der Waals surface area contributed by atoms with Gasteiger partial charge >= 0.3 is 0 Å². The zero-order valence-electron chi connectivity index (χ0n) is 9.93. The van der Waals surface area contributed by atoms with Gasteiger partial charge in [0.15, 0.2) is 5.78 Å². The first-order valence-electron chi connectivity index (χ1n) is 5.42. The smallest absolute Gasteiger partial charge is 0.189 e. The number of allylic oxidation sites excluding steroid dienone is 1. The molecule has 0 aliphatic heterocycles. The number of hydrogen-bond donors (Lipinski definition) is 0. The molecule has 0 saturated carbocycles. The number of rotatable bonds is 6. The molecule has 0 spiro atoms. The summed E-state index contributed by atoms with van der Waals surface area (Å²) in [7, 11) is 0. The third-order valence-electron chi connectivity index (χ3n) is 2.37. The molecule has 0 radical (unpaired) electrons. The van der Waals surface area contributed by atoms with Gasteiger partial charge in [-0.15, -0.1) is 11.6 Å². The molecule has 1 aromatic rings. The van der Waals surface area contributed by atoms with E-state index in [1.165, 1.54) is 0 Å². The number of carbonyl (C=O) groups excluding carboxylic acids is 1. The number of hydrogen-bond acceptors (Lipinski definition) is 2. The molecule has 1 rings (SSSR count). The third kappa shape index (κ3) is 3.41. The van der Waals surface area contributed by atoms with Crippen molar-refractivity contribution in [1.29, 1.82) is 0 Å². The fourth-order valence-corrected chi connectivity index (χ4v) is 1.86. The monoisotopic (exact) mass is 306 g/mol. The Hall–Kier alpha value is -0.700. The number of halogens is 3. The molecule has 2 nitrogen and oxygen atoms in total. The maximum atomic E-state index is 12.0. The number of ether oxygens (including phenoxy) is 1. The van der Waals surface area contributed by atoms with E-state index in [1.54, 1.807) is 12.1 Å². The number of alkyl halides is 1. The van der Waals surface area contributed by atoms with E-state index in [4.69, 9.17) is 39.5 Å². The van der Waals surface area contributed by atoms with Crippen molar-refractivity contribution in [2.75, 3.05) is 12.5 Å². The van der Waals surface area contributed by atoms with E-state index < -0.39 is 0 Å². The molecule has 0 saturated heterocycles. The van der Waals surface area contributed by atoms with Gasteiger partial charge in [0.2, 0.25) is 0 Å². The van der Waals surface area contributed by atoms with Crippen molar-refractivity contribution >= 4 is 40.6 Å². The molecular formula is C13H13Cl3O2. The van der Waals surface area contributed by atoms with Crippen LogP contribution in [-0.4, -0.2) is 18.3 Å². The van der Waals surface area contributed by atoms with Crippen LogP contribution in [0.2, 0.25) is 10.0 Å². The molecular weight excluding hydrogens is 294 g/mol. The van der Waals surface area contributed by atoms with Crippen molar-refractivity contribution in [3.05, 3.63) is 39.9 Å². The Kier molecular flexibility index (Phi) is 6.00. The van der Waals surface area contributed by atoms with Crippen LogP contribution < -0.4 is 4.74 Å². The molecule has 1 aromatic carbocycles. The molecule has 0 aliphatic carbocycles. The van der Waals surface area contributed by atoms with Crippen LogP contribution in [0.4, 0.5) is 0 Å². The maximum absolute atomic E-state index is 12.0. The van der Waals surface area contributed by atoms with E-state index in [0.717, 1.165) is 0 Å². The molecule has 0 fully saturated rings. The van der Waals surface area contributed by atoms with E-state index in [0.29, 0.717) is 35.8 Å². The van der Waals surface area contributed by atoms with Gasteiger partial charge in [0.05, 0.1) is 10.9 Å². The molecule has 18 heavy (non-hydrogen) atoms. The highest BCUT2D eigenvalue weighted by atomic mass is 35.5. The van der Waals surface area contributed by atoms with Crippen molar-refractivity contribution in [3.63, 3.8) is 0 Å². The molecule has 0 aliphatic rings. The van der Waals surface area contributed by atoms with Crippen LogP contribution in [0.3, 0.4) is 0 Å². The van der Waals surface area contributed by atoms with E-state index >= 15 is 0 Å². The summed E-state index contributed by atoms with van der Waals surface area (Å²) in [6.45, 7) is 5.87. The van der Waals surface area contributed by atoms with Crippen LogP contribution in [0, 0.1) is 0 Å². The molecule has 0 unspecified atom stereocenters. The van der Waals surface area contributed by atoms with Gasteiger partial charge in [0.1, 0.15) is 17.4 Å². The first-order valence-corrected chi connectivity index (χ1v) is 6.71. The zero-order chi connectivity index (χ0) is 13.7. The van der Waals surface area contributed by atoms with E-state index in [1.807, 2.05) is 6.92 Å². The predicted molar refractivity (Wildman–Crippen MR) is 76.4 cm³/mol. The molecule has 5 heteroatoms. The predicted octanol–water partition coefficient (Wildman–Crippen LogP) is 4.76. The molecule has 0 bridgehead atoms. The number of Topliss-reactive ketones (excluding diaryl/α,β-unsaturated/α-hetero) is 1. The number of benzene rings is 1. The number of carbonyl (C=O) groups is 1. The lowest BCUT2D eigenvalue weighted by Crippen LogP contribution is -2.04. The normalized spacial score (nSPS) is 10.2. The third-order valence-corrected chi connectivity index (χ3v) is 3.39. The van der Waals surface area contributed by atoms with E-state index in [9.17, 15) is 4.79 Å². The first-order chi connectivity index (χ1) is 8.52. The van der Waals surface area contributed by atoms with Crippen molar-refractivity contribution in [2.45, 2.75) is 13.3 Å². The second-order valence-electron chi connectivity index (χ2n) is 3.56. The fraction of sp³-hybridized carbons (Fsp3) is 0.308. The molecule has 0 atom stereocenters. The van der Waals surface area contributed by atoms with Gasteiger partial charge in [-0.25, -0.2) is 0 Å². The SMILES string of the molecule is C=C(CC)C(=O)c1ccc(OCCCl)c(Cl)c1Cl. The maximum Gasteiger partial charge on any atom is 0.189 e. The number of ketones is 1. The average molecular weight is 308 g/mol. The lowest BCUT2D eigenvalue weighted by molar-refractivity contribution is 0.103. The van der Waals surface area contributed by atoms with Crippen LogP contribution in [0.1, 0.15) is 23.7 Å². The Morgan fingerprint density at radius 3 is 2.56 bits per heavy atom. The molecule has 0 N–H and O–H groups in total. The van der Waals surface area contributed by atoms with Gasteiger partial charge in [-0.1, -0.05) is 36.7 Å². The Balaban J connectivity index is 3.08. The highest BCUT2D eigenvalue weighted by Crippen LogP contribution is 2.35. The molecule has 98 valence electrons. The largest absolute Gasteiger partial charge is 0.491 e. The fourth-order valence-electron chi connectivity index (χ4n) is 1.32. The van der Waals surface area contributed by atoms with Crippen molar-refractivity contribution in [3.8, 4) is 5.75 Å². The van der Waals surface area contributed by atoms with Crippen LogP contribution in [0.5, 0.6) is 5.75 Å². The van der Waals surface area contributed by atoms with Crippen LogP contribution in [0.25, 0.3) is 0 Å². The summed E-state index contributed by atoms with van der Waals surface area (Å²) >= 11 is 17.6. The summed E-state index contributed by atoms with van der Waals surface area (Å²) in [6, 6.07) is 3.19. The van der Waals surface area contributed by atoms with Crippen LogP contribution >= 0.6 is 34.8 Å². The summed E-state index contributed by atoms with van der Waals surface area (Å²) in [5, 5.41) is 0.403. The van der Waals surface area contributed by atoms with Crippen molar-refractivity contribution in [1.82, 2.24) is 0 Å². The van der Waals surface area contributed by atoms with E-state index in [-0.39, 0.29) is 15.8 Å². The van der Waals surface area contributed by atoms with Gasteiger partial charge in [0.25, 0.3) is 0 Å². The first kappa shape index (κ1) is 15.4. The van der Waals surface area contributed by atoms with Gasteiger partial charge in [-0.3, -0.25) is 4.79 Å². The molecule has 0 aromatic heterocycles. The summed E-state index contributed by atoms with van der Waals surface area (Å²) < 4.78 is 5.31. The van der Waals surface area contributed by atoms with Gasteiger partial charge in [-0.05, 0) is 24.1 Å². The van der Waals surface area contributed by atoms with Crippen LogP contribution in [-0.2, 0) is 0 Å². The highest BCUT2D eigenvalue weighted by Gasteiger charge is 2.17. The minimum Gasteiger partial charge on any atom is -0.491 e. The lowest BCUT2D eigenvalue weighted by Gasteiger charge is -2.11. The van der Waals surface area contributed by atoms with Crippen molar-refractivity contribution < 1.29 is 9.53 Å². The van der Waals surface area contributed by atoms with Crippen LogP contribution in [0.15, 0.2) is 24.3 Å². The summed E-state index contributed by atoms with van der Waals surface area (Å²) in [4.78, 5) is 12.0.